The van der Waals surface area contributed by atoms with Crippen molar-refractivity contribution in [2.24, 2.45) is 0 Å². The van der Waals surface area contributed by atoms with Crippen molar-refractivity contribution in [1.29, 1.82) is 0 Å². The van der Waals surface area contributed by atoms with Gasteiger partial charge in [-0.25, -0.2) is 15.0 Å². The minimum absolute atomic E-state index is 0.0515. The Balaban J connectivity index is 1.34. The normalized spacial score (nSPS) is 12.3. The lowest BCUT2D eigenvalue weighted by Gasteiger charge is -2.18. The number of thiazole rings is 1. The highest BCUT2D eigenvalue weighted by atomic mass is 32.1. The summed E-state index contributed by atoms with van der Waals surface area (Å²) in [7, 11) is 0. The number of nitrogens with one attached hydrogen (secondary N) is 2. The van der Waals surface area contributed by atoms with Gasteiger partial charge in [-0.3, -0.25) is 14.9 Å². The topological polar surface area (TPSA) is 115 Å². The SMILES string of the molecule is O=C(Cc1csc(NC(=O)c2ncccn2)n1)Nc1ccc2c(c1)OCCO2. The first-order chi connectivity index (χ1) is 13.7. The predicted molar refractivity (Wildman–Crippen MR) is 102 cm³/mol. The van der Waals surface area contributed by atoms with Crippen LogP contribution in [-0.4, -0.2) is 40.0 Å². The number of benzene rings is 1. The van der Waals surface area contributed by atoms with Crippen LogP contribution in [0.15, 0.2) is 42.0 Å². The van der Waals surface area contributed by atoms with Crippen molar-refractivity contribution in [3.63, 3.8) is 0 Å². The monoisotopic (exact) mass is 397 g/mol. The van der Waals surface area contributed by atoms with Crippen LogP contribution in [0.1, 0.15) is 16.3 Å². The van der Waals surface area contributed by atoms with Crippen LogP contribution in [0.3, 0.4) is 0 Å². The summed E-state index contributed by atoms with van der Waals surface area (Å²) in [6, 6.07) is 6.85. The Morgan fingerprint density at radius 1 is 1.07 bits per heavy atom. The number of hydrogen-bond acceptors (Lipinski definition) is 8. The number of carbonyl (C=O) groups is 2. The Morgan fingerprint density at radius 2 is 1.86 bits per heavy atom. The molecule has 1 aromatic carbocycles. The molecule has 0 unspecified atom stereocenters. The Labute approximate surface area is 163 Å². The molecule has 2 amide bonds. The van der Waals surface area contributed by atoms with Crippen molar-refractivity contribution >= 4 is 34.0 Å². The van der Waals surface area contributed by atoms with Gasteiger partial charge in [0.1, 0.15) is 13.2 Å². The molecule has 0 saturated carbocycles. The average molecular weight is 397 g/mol. The molecule has 0 saturated heterocycles. The Kier molecular flexibility index (Phi) is 5.11. The summed E-state index contributed by atoms with van der Waals surface area (Å²) < 4.78 is 11.0. The number of carbonyl (C=O) groups excluding carboxylic acids is 2. The minimum atomic E-state index is -0.456. The van der Waals surface area contributed by atoms with E-state index in [0.717, 1.165) is 0 Å². The van der Waals surface area contributed by atoms with Crippen LogP contribution in [0.5, 0.6) is 11.5 Å². The lowest BCUT2D eigenvalue weighted by molar-refractivity contribution is -0.115. The molecule has 142 valence electrons. The molecule has 3 heterocycles. The van der Waals surface area contributed by atoms with Gasteiger partial charge < -0.3 is 14.8 Å². The minimum Gasteiger partial charge on any atom is -0.486 e. The second-order valence-corrected chi connectivity index (χ2v) is 6.61. The molecule has 9 nitrogen and oxygen atoms in total. The van der Waals surface area contributed by atoms with Crippen molar-refractivity contribution in [3.8, 4) is 11.5 Å². The third-order valence-electron chi connectivity index (χ3n) is 3.71. The molecule has 28 heavy (non-hydrogen) atoms. The van der Waals surface area contributed by atoms with Gasteiger partial charge >= 0.3 is 0 Å². The molecule has 0 fully saturated rings. The van der Waals surface area contributed by atoms with E-state index in [2.05, 4.69) is 25.6 Å². The van der Waals surface area contributed by atoms with E-state index in [9.17, 15) is 9.59 Å². The summed E-state index contributed by atoms with van der Waals surface area (Å²) in [4.78, 5) is 36.3. The summed E-state index contributed by atoms with van der Waals surface area (Å²) in [5, 5.41) is 7.50. The van der Waals surface area contributed by atoms with Crippen molar-refractivity contribution in [3.05, 3.63) is 53.6 Å². The van der Waals surface area contributed by atoms with Gasteiger partial charge in [0, 0.05) is 29.5 Å². The molecule has 1 aliphatic rings. The van der Waals surface area contributed by atoms with E-state index in [1.165, 1.54) is 23.7 Å². The highest BCUT2D eigenvalue weighted by Gasteiger charge is 2.15. The number of anilines is 2. The molecular weight excluding hydrogens is 382 g/mol. The molecule has 1 aliphatic heterocycles. The number of nitrogens with zero attached hydrogens (tertiary/aromatic N) is 3. The van der Waals surface area contributed by atoms with Gasteiger partial charge in [-0.1, -0.05) is 0 Å². The van der Waals surface area contributed by atoms with Crippen LogP contribution >= 0.6 is 11.3 Å². The average Bonchev–Trinajstić information content (AvgIpc) is 3.15. The van der Waals surface area contributed by atoms with Gasteiger partial charge in [-0.05, 0) is 18.2 Å². The van der Waals surface area contributed by atoms with E-state index in [-0.39, 0.29) is 18.2 Å². The highest BCUT2D eigenvalue weighted by molar-refractivity contribution is 7.14. The maximum Gasteiger partial charge on any atom is 0.295 e. The summed E-state index contributed by atoms with van der Waals surface area (Å²) in [6.45, 7) is 0.990. The molecule has 0 radical (unpaired) electrons. The quantitative estimate of drug-likeness (QED) is 0.678. The van der Waals surface area contributed by atoms with Crippen LogP contribution in [-0.2, 0) is 11.2 Å². The molecule has 2 N–H and O–H groups in total. The third-order valence-corrected chi connectivity index (χ3v) is 4.52. The standard InChI is InChI=1S/C18H15N5O4S/c24-15(21-11-2-3-13-14(8-11)27-7-6-26-13)9-12-10-28-18(22-12)23-17(25)16-19-4-1-5-20-16/h1-5,8,10H,6-7,9H2,(H,21,24)(H,22,23,25). The summed E-state index contributed by atoms with van der Waals surface area (Å²) in [6.07, 6.45) is 3.04. The second-order valence-electron chi connectivity index (χ2n) is 5.75. The maximum atomic E-state index is 12.3. The third kappa shape index (κ3) is 4.23. The Bertz CT molecular complexity index is 1010. The van der Waals surface area contributed by atoms with Crippen molar-refractivity contribution in [2.75, 3.05) is 23.8 Å². The van der Waals surface area contributed by atoms with Gasteiger partial charge in [0.2, 0.25) is 11.7 Å². The molecular formula is C18H15N5O4S. The summed E-state index contributed by atoms with van der Waals surface area (Å²) in [5.74, 6) is 0.626. The van der Waals surface area contributed by atoms with Crippen LogP contribution in [0.25, 0.3) is 0 Å². The zero-order valence-corrected chi connectivity index (χ0v) is 15.4. The Morgan fingerprint density at radius 3 is 2.68 bits per heavy atom. The van der Waals surface area contributed by atoms with Gasteiger partial charge in [0.15, 0.2) is 16.6 Å². The molecule has 10 heteroatoms. The van der Waals surface area contributed by atoms with E-state index in [4.69, 9.17) is 9.47 Å². The van der Waals surface area contributed by atoms with Crippen molar-refractivity contribution in [2.45, 2.75) is 6.42 Å². The first kappa shape index (κ1) is 17.9. The van der Waals surface area contributed by atoms with Gasteiger partial charge in [0.25, 0.3) is 5.91 Å². The number of rotatable bonds is 5. The summed E-state index contributed by atoms with van der Waals surface area (Å²) in [5.41, 5.74) is 1.16. The molecule has 0 bridgehead atoms. The lowest BCUT2D eigenvalue weighted by atomic mass is 10.2. The fraction of sp³-hybridized carbons (Fsp3) is 0.167. The zero-order chi connectivity index (χ0) is 19.3. The first-order valence-electron chi connectivity index (χ1n) is 8.39. The summed E-state index contributed by atoms with van der Waals surface area (Å²) >= 11 is 1.22. The van der Waals surface area contributed by atoms with Crippen LogP contribution in [0.2, 0.25) is 0 Å². The lowest BCUT2D eigenvalue weighted by Crippen LogP contribution is -2.17. The second kappa shape index (κ2) is 8.01. The van der Waals surface area contributed by atoms with Crippen molar-refractivity contribution < 1.29 is 19.1 Å². The maximum absolute atomic E-state index is 12.3. The van der Waals surface area contributed by atoms with Gasteiger partial charge in [-0.15, -0.1) is 11.3 Å². The number of amides is 2. The highest BCUT2D eigenvalue weighted by Crippen LogP contribution is 2.32. The number of aromatic nitrogens is 3. The van der Waals surface area contributed by atoms with Crippen LogP contribution < -0.4 is 20.1 Å². The van der Waals surface area contributed by atoms with E-state index in [1.807, 2.05) is 0 Å². The number of ether oxygens (including phenoxy) is 2. The molecule has 0 atom stereocenters. The molecule has 0 aliphatic carbocycles. The van der Waals surface area contributed by atoms with Crippen LogP contribution in [0, 0.1) is 0 Å². The fourth-order valence-electron chi connectivity index (χ4n) is 2.51. The van der Waals surface area contributed by atoms with E-state index in [0.29, 0.717) is 41.2 Å². The van der Waals surface area contributed by atoms with Gasteiger partial charge in [-0.2, -0.15) is 0 Å². The smallest absolute Gasteiger partial charge is 0.295 e. The van der Waals surface area contributed by atoms with Crippen LogP contribution in [0.4, 0.5) is 10.8 Å². The van der Waals surface area contributed by atoms with E-state index >= 15 is 0 Å². The number of fused-ring (bicyclic) bond motifs is 1. The Hall–Kier alpha value is -3.53. The van der Waals surface area contributed by atoms with E-state index in [1.54, 1.807) is 29.6 Å². The molecule has 3 aromatic rings. The van der Waals surface area contributed by atoms with E-state index < -0.39 is 5.91 Å². The first-order valence-corrected chi connectivity index (χ1v) is 9.27. The van der Waals surface area contributed by atoms with Crippen molar-refractivity contribution in [1.82, 2.24) is 15.0 Å². The molecule has 4 rings (SSSR count). The molecule has 2 aromatic heterocycles. The largest absolute Gasteiger partial charge is 0.486 e. The number of hydrogen-bond donors (Lipinski definition) is 2. The predicted octanol–water partition coefficient (Wildman–Crippen LogP) is 2.14. The molecule has 0 spiro atoms. The van der Waals surface area contributed by atoms with Gasteiger partial charge in [0.05, 0.1) is 12.1 Å². The fourth-order valence-corrected chi connectivity index (χ4v) is 3.21. The zero-order valence-electron chi connectivity index (χ0n) is 14.5.